The fourth-order valence-corrected chi connectivity index (χ4v) is 3.62. The number of aromatic amines is 1. The van der Waals surface area contributed by atoms with Gasteiger partial charge in [0.05, 0.1) is 0 Å². The summed E-state index contributed by atoms with van der Waals surface area (Å²) in [5.41, 5.74) is 3.41. The molecule has 0 unspecified atom stereocenters. The molecule has 2 amide bonds. The normalized spacial score (nSPS) is 11.3. The van der Waals surface area contributed by atoms with Gasteiger partial charge in [-0.25, -0.2) is 0 Å². The van der Waals surface area contributed by atoms with Crippen LogP contribution < -0.4 is 10.6 Å². The van der Waals surface area contributed by atoms with Crippen molar-refractivity contribution in [2.45, 2.75) is 6.42 Å². The Morgan fingerprint density at radius 3 is 2.44 bits per heavy atom. The van der Waals surface area contributed by atoms with E-state index in [2.05, 4.69) is 15.6 Å². The average Bonchev–Trinajstić information content (AvgIpc) is 3.23. The van der Waals surface area contributed by atoms with E-state index in [1.807, 2.05) is 48.7 Å². The van der Waals surface area contributed by atoms with Gasteiger partial charge in [-0.2, -0.15) is 0 Å². The molecule has 4 aromatic rings. The molecule has 0 aliphatic carbocycles. The molecule has 3 N–H and O–H groups in total. The third kappa shape index (κ3) is 5.07. The highest BCUT2D eigenvalue weighted by molar-refractivity contribution is 6.32. The predicted octanol–water partition coefficient (Wildman–Crippen LogP) is 4.95. The Balaban J connectivity index is 1.50. The molecule has 32 heavy (non-hydrogen) atoms. The van der Waals surface area contributed by atoms with Gasteiger partial charge in [0.25, 0.3) is 11.8 Å². The van der Waals surface area contributed by atoms with Crippen LogP contribution in [0.1, 0.15) is 21.5 Å². The van der Waals surface area contributed by atoms with Gasteiger partial charge in [0.1, 0.15) is 5.70 Å². The number of carbonyl (C=O) groups is 2. The maximum Gasteiger partial charge on any atom is 0.267 e. The Kier molecular flexibility index (Phi) is 6.68. The SMILES string of the molecule is O=C(NCCc1c[nH]c2ccccc12)/C(=C/c1ccccc1Cl)NC(=O)c1ccccc1. The molecule has 1 aromatic heterocycles. The van der Waals surface area contributed by atoms with Gasteiger partial charge in [-0.1, -0.05) is 66.2 Å². The molecule has 0 saturated heterocycles. The second-order valence-corrected chi connectivity index (χ2v) is 7.67. The van der Waals surface area contributed by atoms with E-state index in [1.54, 1.807) is 42.5 Å². The molecule has 4 rings (SSSR count). The third-order valence-electron chi connectivity index (χ3n) is 5.09. The van der Waals surface area contributed by atoms with Crippen LogP contribution in [-0.4, -0.2) is 23.3 Å². The van der Waals surface area contributed by atoms with Crippen molar-refractivity contribution < 1.29 is 9.59 Å². The number of para-hydroxylation sites is 1. The highest BCUT2D eigenvalue weighted by Crippen LogP contribution is 2.19. The summed E-state index contributed by atoms with van der Waals surface area (Å²) in [5, 5.41) is 7.25. The van der Waals surface area contributed by atoms with Crippen LogP contribution in [-0.2, 0) is 11.2 Å². The minimum Gasteiger partial charge on any atom is -0.361 e. The molecule has 0 atom stereocenters. The zero-order valence-electron chi connectivity index (χ0n) is 17.3. The van der Waals surface area contributed by atoms with Crippen molar-refractivity contribution in [3.8, 4) is 0 Å². The van der Waals surface area contributed by atoms with Gasteiger partial charge in [-0.05, 0) is 47.9 Å². The van der Waals surface area contributed by atoms with Crippen molar-refractivity contribution in [1.29, 1.82) is 0 Å². The quantitative estimate of drug-likeness (QED) is 0.353. The van der Waals surface area contributed by atoms with Gasteiger partial charge in [0.15, 0.2) is 0 Å². The zero-order valence-corrected chi connectivity index (χ0v) is 18.0. The molecular weight excluding hydrogens is 422 g/mol. The number of H-pyrrole nitrogens is 1. The van der Waals surface area contributed by atoms with Crippen molar-refractivity contribution in [3.05, 3.63) is 112 Å². The molecule has 0 fully saturated rings. The van der Waals surface area contributed by atoms with Gasteiger partial charge >= 0.3 is 0 Å². The molecule has 0 aliphatic heterocycles. The molecule has 0 saturated carbocycles. The molecule has 0 aliphatic rings. The smallest absolute Gasteiger partial charge is 0.267 e. The second-order valence-electron chi connectivity index (χ2n) is 7.27. The van der Waals surface area contributed by atoms with Gasteiger partial charge in [0, 0.05) is 34.2 Å². The standard InChI is InChI=1S/C26H22ClN3O2/c27-22-12-6-4-10-19(22)16-24(30-25(31)18-8-2-1-3-9-18)26(32)28-15-14-20-17-29-23-13-7-5-11-21(20)23/h1-13,16-17,29H,14-15H2,(H,28,32)(H,30,31)/b24-16-. The van der Waals surface area contributed by atoms with E-state index in [-0.39, 0.29) is 17.5 Å². The van der Waals surface area contributed by atoms with Crippen molar-refractivity contribution in [2.75, 3.05) is 6.54 Å². The third-order valence-corrected chi connectivity index (χ3v) is 5.43. The predicted molar refractivity (Wildman–Crippen MR) is 128 cm³/mol. The van der Waals surface area contributed by atoms with Gasteiger partial charge in [-0.3, -0.25) is 9.59 Å². The molecule has 3 aromatic carbocycles. The monoisotopic (exact) mass is 443 g/mol. The van der Waals surface area contributed by atoms with E-state index in [9.17, 15) is 9.59 Å². The number of hydrogen-bond donors (Lipinski definition) is 3. The van der Waals surface area contributed by atoms with Crippen LogP contribution in [0, 0.1) is 0 Å². The lowest BCUT2D eigenvalue weighted by molar-refractivity contribution is -0.117. The van der Waals surface area contributed by atoms with Crippen LogP contribution in [0.5, 0.6) is 0 Å². The van der Waals surface area contributed by atoms with Crippen LogP contribution in [0.3, 0.4) is 0 Å². The van der Waals surface area contributed by atoms with Crippen LogP contribution in [0.25, 0.3) is 17.0 Å². The summed E-state index contributed by atoms with van der Waals surface area (Å²) in [4.78, 5) is 28.9. The Morgan fingerprint density at radius 2 is 1.62 bits per heavy atom. The molecule has 1 heterocycles. The summed E-state index contributed by atoms with van der Waals surface area (Å²) in [6.45, 7) is 0.418. The van der Waals surface area contributed by atoms with E-state index < -0.39 is 0 Å². The Morgan fingerprint density at radius 1 is 0.906 bits per heavy atom. The highest BCUT2D eigenvalue weighted by Gasteiger charge is 2.15. The molecular formula is C26H22ClN3O2. The molecule has 160 valence electrons. The van der Waals surface area contributed by atoms with E-state index in [0.29, 0.717) is 29.1 Å². The number of rotatable bonds is 7. The lowest BCUT2D eigenvalue weighted by Crippen LogP contribution is -2.35. The average molecular weight is 444 g/mol. The molecule has 5 nitrogen and oxygen atoms in total. The Labute approximate surface area is 191 Å². The van der Waals surface area contributed by atoms with Crippen molar-refractivity contribution in [3.63, 3.8) is 0 Å². The first kappa shape index (κ1) is 21.4. The fraction of sp³-hybridized carbons (Fsp3) is 0.0769. The molecule has 0 spiro atoms. The number of halogens is 1. The lowest BCUT2D eigenvalue weighted by atomic mass is 10.1. The van der Waals surface area contributed by atoms with Crippen molar-refractivity contribution in [1.82, 2.24) is 15.6 Å². The Hall–Kier alpha value is -3.83. The second kappa shape index (κ2) is 9.98. The first-order valence-corrected chi connectivity index (χ1v) is 10.7. The van der Waals surface area contributed by atoms with Crippen molar-refractivity contribution >= 4 is 40.4 Å². The summed E-state index contributed by atoms with van der Waals surface area (Å²) < 4.78 is 0. The molecule has 0 radical (unpaired) electrons. The minimum absolute atomic E-state index is 0.130. The van der Waals surface area contributed by atoms with Crippen LogP contribution in [0.15, 0.2) is 90.8 Å². The van der Waals surface area contributed by atoms with Crippen molar-refractivity contribution in [2.24, 2.45) is 0 Å². The number of benzene rings is 3. The van der Waals surface area contributed by atoms with E-state index in [0.717, 1.165) is 16.5 Å². The number of nitrogens with one attached hydrogen (secondary N) is 3. The number of amides is 2. The van der Waals surface area contributed by atoms with E-state index in [1.165, 1.54) is 0 Å². The fourth-order valence-electron chi connectivity index (χ4n) is 3.43. The molecule has 6 heteroatoms. The van der Waals surface area contributed by atoms with Crippen LogP contribution in [0.4, 0.5) is 0 Å². The number of hydrogen-bond acceptors (Lipinski definition) is 2. The highest BCUT2D eigenvalue weighted by atomic mass is 35.5. The first-order valence-electron chi connectivity index (χ1n) is 10.3. The number of aromatic nitrogens is 1. The van der Waals surface area contributed by atoms with Crippen LogP contribution in [0.2, 0.25) is 5.02 Å². The summed E-state index contributed by atoms with van der Waals surface area (Å²) in [6, 6.07) is 23.9. The number of carbonyl (C=O) groups excluding carboxylic acids is 2. The largest absolute Gasteiger partial charge is 0.361 e. The maximum absolute atomic E-state index is 13.0. The summed E-state index contributed by atoms with van der Waals surface area (Å²) in [6.07, 6.45) is 4.19. The Bertz CT molecular complexity index is 1280. The van der Waals surface area contributed by atoms with Gasteiger partial charge in [0.2, 0.25) is 0 Å². The minimum atomic E-state index is -0.381. The lowest BCUT2D eigenvalue weighted by Gasteiger charge is -2.12. The van der Waals surface area contributed by atoms with Gasteiger partial charge in [-0.15, -0.1) is 0 Å². The molecule has 0 bridgehead atoms. The maximum atomic E-state index is 13.0. The number of fused-ring (bicyclic) bond motifs is 1. The summed E-state index contributed by atoms with van der Waals surface area (Å²) in [5.74, 6) is -0.746. The topological polar surface area (TPSA) is 74.0 Å². The summed E-state index contributed by atoms with van der Waals surface area (Å²) in [7, 11) is 0. The summed E-state index contributed by atoms with van der Waals surface area (Å²) >= 11 is 6.26. The van der Waals surface area contributed by atoms with E-state index >= 15 is 0 Å². The zero-order chi connectivity index (χ0) is 22.3. The van der Waals surface area contributed by atoms with Gasteiger partial charge < -0.3 is 15.6 Å². The van der Waals surface area contributed by atoms with E-state index in [4.69, 9.17) is 11.6 Å². The van der Waals surface area contributed by atoms with Crippen LogP contribution >= 0.6 is 11.6 Å². The first-order chi connectivity index (χ1) is 15.6.